The fraction of sp³-hybridized carbons (Fsp3) is 1.00. The monoisotopic (exact) mass is 282 g/mol. The standard InChI is InChI=1S/C15H29F3O/c1-2-3-4-5-6-7-8-9-10-11-12-13-14(19)15(16,17)18/h14,19H,2-13H2,1H3/t14-/m1/s1. The van der Waals surface area contributed by atoms with Gasteiger partial charge in [-0.1, -0.05) is 77.6 Å². The van der Waals surface area contributed by atoms with Crippen LogP contribution < -0.4 is 0 Å². The molecule has 0 bridgehead atoms. The van der Waals surface area contributed by atoms with E-state index in [1.54, 1.807) is 0 Å². The van der Waals surface area contributed by atoms with Crippen molar-refractivity contribution in [2.75, 3.05) is 0 Å². The molecule has 0 aromatic rings. The van der Waals surface area contributed by atoms with E-state index in [1.165, 1.54) is 44.9 Å². The van der Waals surface area contributed by atoms with Crippen molar-refractivity contribution in [1.82, 2.24) is 0 Å². The Hall–Kier alpha value is -0.250. The Labute approximate surface area is 115 Å². The largest absolute Gasteiger partial charge is 0.414 e. The average molecular weight is 282 g/mol. The van der Waals surface area contributed by atoms with Crippen LogP contribution in [0.3, 0.4) is 0 Å². The van der Waals surface area contributed by atoms with Crippen molar-refractivity contribution in [3.63, 3.8) is 0 Å². The topological polar surface area (TPSA) is 20.2 Å². The molecular weight excluding hydrogens is 253 g/mol. The van der Waals surface area contributed by atoms with Crippen LogP contribution in [0, 0.1) is 0 Å². The van der Waals surface area contributed by atoms with E-state index < -0.39 is 12.3 Å². The maximum absolute atomic E-state index is 12.0. The molecule has 0 amide bonds. The second-order valence-electron chi connectivity index (χ2n) is 5.38. The lowest BCUT2D eigenvalue weighted by Crippen LogP contribution is -2.28. The van der Waals surface area contributed by atoms with E-state index >= 15 is 0 Å². The van der Waals surface area contributed by atoms with Gasteiger partial charge in [-0.05, 0) is 6.42 Å². The fourth-order valence-corrected chi connectivity index (χ4v) is 2.17. The number of alkyl halides is 3. The normalized spacial score (nSPS) is 13.7. The number of hydrogen-bond donors (Lipinski definition) is 1. The van der Waals surface area contributed by atoms with Crippen molar-refractivity contribution in [3.05, 3.63) is 0 Å². The van der Waals surface area contributed by atoms with E-state index in [4.69, 9.17) is 5.11 Å². The number of halogens is 3. The van der Waals surface area contributed by atoms with Gasteiger partial charge in [-0.2, -0.15) is 13.2 Å². The molecule has 0 aliphatic carbocycles. The van der Waals surface area contributed by atoms with Crippen molar-refractivity contribution in [2.24, 2.45) is 0 Å². The molecule has 0 aromatic heterocycles. The highest BCUT2D eigenvalue weighted by Crippen LogP contribution is 2.24. The summed E-state index contributed by atoms with van der Waals surface area (Å²) < 4.78 is 36.0. The minimum absolute atomic E-state index is 0.152. The van der Waals surface area contributed by atoms with Gasteiger partial charge >= 0.3 is 6.18 Å². The number of rotatable bonds is 12. The van der Waals surface area contributed by atoms with Crippen molar-refractivity contribution in [3.8, 4) is 0 Å². The molecule has 0 saturated carbocycles. The zero-order valence-electron chi connectivity index (χ0n) is 12.1. The molecule has 1 nitrogen and oxygen atoms in total. The minimum atomic E-state index is -4.45. The Bertz CT molecular complexity index is 192. The van der Waals surface area contributed by atoms with E-state index in [0.29, 0.717) is 6.42 Å². The summed E-state index contributed by atoms with van der Waals surface area (Å²) in [6.45, 7) is 2.20. The van der Waals surface area contributed by atoms with Crippen LogP contribution in [0.25, 0.3) is 0 Å². The highest BCUT2D eigenvalue weighted by Gasteiger charge is 2.37. The van der Waals surface area contributed by atoms with Gasteiger partial charge < -0.3 is 5.11 Å². The molecule has 0 spiro atoms. The van der Waals surface area contributed by atoms with Crippen molar-refractivity contribution >= 4 is 0 Å². The molecule has 4 heteroatoms. The van der Waals surface area contributed by atoms with E-state index in [2.05, 4.69) is 6.92 Å². The number of aliphatic hydroxyl groups is 1. The molecule has 0 aliphatic heterocycles. The molecule has 0 saturated heterocycles. The molecule has 0 rings (SSSR count). The first-order chi connectivity index (χ1) is 8.98. The van der Waals surface area contributed by atoms with Gasteiger partial charge in [-0.3, -0.25) is 0 Å². The number of hydrogen-bond acceptors (Lipinski definition) is 1. The van der Waals surface area contributed by atoms with Crippen LogP contribution in [0.5, 0.6) is 0 Å². The predicted molar refractivity (Wildman–Crippen MR) is 73.1 cm³/mol. The van der Waals surface area contributed by atoms with Gasteiger partial charge in [0.2, 0.25) is 0 Å². The van der Waals surface area contributed by atoms with Crippen LogP contribution in [-0.2, 0) is 0 Å². The molecule has 1 N–H and O–H groups in total. The predicted octanol–water partition coefficient (Wildman–Crippen LogP) is 5.61. The van der Waals surface area contributed by atoms with Crippen LogP contribution in [0.1, 0.15) is 84.0 Å². The summed E-state index contributed by atoms with van der Waals surface area (Å²) in [5.74, 6) is 0. The molecular formula is C15H29F3O. The first-order valence-electron chi connectivity index (χ1n) is 7.73. The maximum atomic E-state index is 12.0. The van der Waals surface area contributed by atoms with Gasteiger partial charge in [0.15, 0.2) is 0 Å². The zero-order chi connectivity index (χ0) is 14.6. The lowest BCUT2D eigenvalue weighted by molar-refractivity contribution is -0.205. The van der Waals surface area contributed by atoms with Crippen LogP contribution >= 0.6 is 0 Å². The Morgan fingerprint density at radius 2 is 1.11 bits per heavy atom. The highest BCUT2D eigenvalue weighted by molar-refractivity contribution is 4.64. The third kappa shape index (κ3) is 12.5. The molecule has 116 valence electrons. The van der Waals surface area contributed by atoms with Crippen LogP contribution in [0.4, 0.5) is 13.2 Å². The first-order valence-corrected chi connectivity index (χ1v) is 7.73. The van der Waals surface area contributed by atoms with Crippen molar-refractivity contribution < 1.29 is 18.3 Å². The van der Waals surface area contributed by atoms with Gasteiger partial charge in [0.25, 0.3) is 0 Å². The van der Waals surface area contributed by atoms with Crippen molar-refractivity contribution in [1.29, 1.82) is 0 Å². The molecule has 0 radical (unpaired) electrons. The first kappa shape index (κ1) is 18.8. The van der Waals surface area contributed by atoms with Gasteiger partial charge in [0.05, 0.1) is 0 Å². The van der Waals surface area contributed by atoms with Gasteiger partial charge in [-0.25, -0.2) is 0 Å². The van der Waals surface area contributed by atoms with E-state index in [0.717, 1.165) is 19.3 Å². The van der Waals surface area contributed by atoms with Crippen molar-refractivity contribution in [2.45, 2.75) is 96.3 Å². The molecule has 0 heterocycles. The minimum Gasteiger partial charge on any atom is -0.384 e. The Morgan fingerprint density at radius 3 is 1.47 bits per heavy atom. The zero-order valence-corrected chi connectivity index (χ0v) is 12.1. The average Bonchev–Trinajstić information content (AvgIpc) is 2.34. The van der Waals surface area contributed by atoms with Gasteiger partial charge in [0.1, 0.15) is 6.10 Å². The molecule has 0 unspecified atom stereocenters. The van der Waals surface area contributed by atoms with Crippen LogP contribution in [0.2, 0.25) is 0 Å². The second kappa shape index (κ2) is 11.6. The second-order valence-corrected chi connectivity index (χ2v) is 5.38. The maximum Gasteiger partial charge on any atom is 0.414 e. The lowest BCUT2D eigenvalue weighted by atomic mass is 10.0. The lowest BCUT2D eigenvalue weighted by Gasteiger charge is -2.13. The number of unbranched alkanes of at least 4 members (excludes halogenated alkanes) is 10. The van der Waals surface area contributed by atoms with E-state index in [-0.39, 0.29) is 6.42 Å². The van der Waals surface area contributed by atoms with Gasteiger partial charge in [0, 0.05) is 0 Å². The summed E-state index contributed by atoms with van der Waals surface area (Å²) in [7, 11) is 0. The summed E-state index contributed by atoms with van der Waals surface area (Å²) in [6, 6.07) is 0. The molecule has 1 atom stereocenters. The molecule has 0 aromatic carbocycles. The Kier molecular flexibility index (Phi) is 11.4. The highest BCUT2D eigenvalue weighted by atomic mass is 19.4. The summed E-state index contributed by atoms with van der Waals surface area (Å²) in [5.41, 5.74) is 0. The Morgan fingerprint density at radius 1 is 0.737 bits per heavy atom. The van der Waals surface area contributed by atoms with Gasteiger partial charge in [-0.15, -0.1) is 0 Å². The van der Waals surface area contributed by atoms with E-state index in [1.807, 2.05) is 0 Å². The molecule has 19 heavy (non-hydrogen) atoms. The molecule has 0 fully saturated rings. The molecule has 0 aliphatic rings. The summed E-state index contributed by atoms with van der Waals surface area (Å²) in [6.07, 6.45) is 5.57. The summed E-state index contributed by atoms with van der Waals surface area (Å²) in [5, 5.41) is 8.80. The smallest absolute Gasteiger partial charge is 0.384 e. The third-order valence-corrected chi connectivity index (χ3v) is 3.46. The fourth-order valence-electron chi connectivity index (χ4n) is 2.17. The number of aliphatic hydroxyl groups excluding tert-OH is 1. The van der Waals surface area contributed by atoms with E-state index in [9.17, 15) is 13.2 Å². The third-order valence-electron chi connectivity index (χ3n) is 3.46. The quantitative estimate of drug-likeness (QED) is 0.461. The van der Waals surface area contributed by atoms with Crippen LogP contribution in [-0.4, -0.2) is 17.4 Å². The summed E-state index contributed by atoms with van der Waals surface area (Å²) >= 11 is 0. The SMILES string of the molecule is CCCCCCCCCCCCC[C@@H](O)C(F)(F)F. The van der Waals surface area contributed by atoms with Crippen LogP contribution in [0.15, 0.2) is 0 Å². The summed E-state index contributed by atoms with van der Waals surface area (Å²) in [4.78, 5) is 0. The Balaban J connectivity index is 3.15.